The number of hydrogen-bond donors (Lipinski definition) is 0. The Balaban J connectivity index is 1.33. The summed E-state index contributed by atoms with van der Waals surface area (Å²) >= 11 is 0. The SMILES string of the molecule is CC1CN(c2nccc(CN3CCN(C4CCCC4)CC3)n2)CC(C)O1. The Morgan fingerprint density at radius 3 is 2.42 bits per heavy atom. The average molecular weight is 360 g/mol. The molecule has 6 heteroatoms. The average Bonchev–Trinajstić information content (AvgIpc) is 3.16. The van der Waals surface area contributed by atoms with Crippen molar-refractivity contribution >= 4 is 5.95 Å². The quantitative estimate of drug-likeness (QED) is 0.821. The first-order valence-corrected chi connectivity index (χ1v) is 10.4. The van der Waals surface area contributed by atoms with Gasteiger partial charge in [0.1, 0.15) is 0 Å². The molecule has 144 valence electrons. The number of rotatable bonds is 4. The standard InChI is InChI=1S/C20H33N5O/c1-16-13-25(14-17(2)26-16)20-21-8-7-18(22-20)15-23-9-11-24(12-10-23)19-5-3-4-6-19/h7-8,16-17,19H,3-6,9-15H2,1-2H3. The maximum atomic E-state index is 5.83. The summed E-state index contributed by atoms with van der Waals surface area (Å²) in [6, 6.07) is 2.92. The molecule has 1 aliphatic carbocycles. The van der Waals surface area contributed by atoms with Crippen LogP contribution in [0.25, 0.3) is 0 Å². The van der Waals surface area contributed by atoms with Crippen molar-refractivity contribution in [3.63, 3.8) is 0 Å². The van der Waals surface area contributed by atoms with Gasteiger partial charge >= 0.3 is 0 Å². The van der Waals surface area contributed by atoms with E-state index in [-0.39, 0.29) is 12.2 Å². The monoisotopic (exact) mass is 359 g/mol. The van der Waals surface area contributed by atoms with E-state index in [1.807, 2.05) is 6.20 Å². The molecule has 1 aromatic rings. The van der Waals surface area contributed by atoms with E-state index < -0.39 is 0 Å². The summed E-state index contributed by atoms with van der Waals surface area (Å²) in [5, 5.41) is 0. The van der Waals surface area contributed by atoms with E-state index in [4.69, 9.17) is 9.72 Å². The van der Waals surface area contributed by atoms with Crippen LogP contribution in [0.15, 0.2) is 12.3 Å². The maximum Gasteiger partial charge on any atom is 0.225 e. The van der Waals surface area contributed by atoms with Crippen molar-refractivity contribution in [3.05, 3.63) is 18.0 Å². The molecule has 3 heterocycles. The molecule has 26 heavy (non-hydrogen) atoms. The summed E-state index contributed by atoms with van der Waals surface area (Å²) in [6.07, 6.45) is 8.04. The third kappa shape index (κ3) is 4.35. The van der Waals surface area contributed by atoms with E-state index in [1.165, 1.54) is 38.8 Å². The van der Waals surface area contributed by atoms with Crippen LogP contribution in [0.3, 0.4) is 0 Å². The van der Waals surface area contributed by atoms with Gasteiger partial charge in [-0.25, -0.2) is 9.97 Å². The summed E-state index contributed by atoms with van der Waals surface area (Å²) in [6.45, 7) is 11.6. The lowest BCUT2D eigenvalue weighted by atomic mass is 10.2. The molecule has 1 aromatic heterocycles. The number of ether oxygens (including phenoxy) is 1. The van der Waals surface area contributed by atoms with Gasteiger partial charge in [-0.1, -0.05) is 12.8 Å². The third-order valence-corrected chi connectivity index (χ3v) is 6.04. The van der Waals surface area contributed by atoms with Crippen molar-refractivity contribution in [3.8, 4) is 0 Å². The molecule has 0 aromatic carbocycles. The molecular weight excluding hydrogens is 326 g/mol. The lowest BCUT2D eigenvalue weighted by Gasteiger charge is -2.38. The minimum absolute atomic E-state index is 0.231. The molecule has 2 unspecified atom stereocenters. The van der Waals surface area contributed by atoms with E-state index in [0.29, 0.717) is 0 Å². The number of hydrogen-bond acceptors (Lipinski definition) is 6. The van der Waals surface area contributed by atoms with Crippen LogP contribution in [-0.4, -0.2) is 77.3 Å². The molecule has 0 spiro atoms. The van der Waals surface area contributed by atoms with E-state index in [2.05, 4.69) is 39.6 Å². The molecule has 2 aliphatic heterocycles. The van der Waals surface area contributed by atoms with Gasteiger partial charge in [-0.15, -0.1) is 0 Å². The highest BCUT2D eigenvalue weighted by molar-refractivity contribution is 5.31. The second-order valence-electron chi connectivity index (χ2n) is 8.26. The molecule has 4 rings (SSSR count). The van der Waals surface area contributed by atoms with Crippen LogP contribution in [0.4, 0.5) is 5.95 Å². The fourth-order valence-corrected chi connectivity index (χ4v) is 4.75. The van der Waals surface area contributed by atoms with Gasteiger partial charge in [-0.2, -0.15) is 0 Å². The van der Waals surface area contributed by atoms with Gasteiger partial charge in [0, 0.05) is 58.1 Å². The van der Waals surface area contributed by atoms with Crippen LogP contribution in [-0.2, 0) is 11.3 Å². The maximum absolute atomic E-state index is 5.83. The number of morpholine rings is 1. The van der Waals surface area contributed by atoms with Gasteiger partial charge in [0.15, 0.2) is 0 Å². The fourth-order valence-electron chi connectivity index (χ4n) is 4.75. The largest absolute Gasteiger partial charge is 0.372 e. The number of nitrogens with zero attached hydrogens (tertiary/aromatic N) is 5. The molecule has 3 aliphatic rings. The van der Waals surface area contributed by atoms with Crippen molar-refractivity contribution in [2.45, 2.75) is 64.3 Å². The Hall–Kier alpha value is -1.24. The summed E-state index contributed by atoms with van der Waals surface area (Å²) in [7, 11) is 0. The van der Waals surface area contributed by atoms with Crippen LogP contribution in [0.2, 0.25) is 0 Å². The smallest absolute Gasteiger partial charge is 0.225 e. The Morgan fingerprint density at radius 2 is 1.73 bits per heavy atom. The molecule has 0 N–H and O–H groups in total. The van der Waals surface area contributed by atoms with Gasteiger partial charge in [-0.05, 0) is 32.8 Å². The van der Waals surface area contributed by atoms with Gasteiger partial charge in [-0.3, -0.25) is 9.80 Å². The molecule has 0 radical (unpaired) electrons. The highest BCUT2D eigenvalue weighted by Gasteiger charge is 2.27. The molecule has 0 amide bonds. The molecule has 2 saturated heterocycles. The molecule has 1 saturated carbocycles. The van der Waals surface area contributed by atoms with Crippen molar-refractivity contribution in [1.82, 2.24) is 19.8 Å². The van der Waals surface area contributed by atoms with Crippen LogP contribution in [0, 0.1) is 0 Å². The summed E-state index contributed by atoms with van der Waals surface area (Å²) in [5.41, 5.74) is 1.14. The highest BCUT2D eigenvalue weighted by atomic mass is 16.5. The van der Waals surface area contributed by atoms with E-state index >= 15 is 0 Å². The predicted octanol–water partition coefficient (Wildman–Crippen LogP) is 2.15. The number of aromatic nitrogens is 2. The van der Waals surface area contributed by atoms with Gasteiger partial charge < -0.3 is 9.64 Å². The van der Waals surface area contributed by atoms with Crippen molar-refractivity contribution in [1.29, 1.82) is 0 Å². The number of anilines is 1. The second-order valence-corrected chi connectivity index (χ2v) is 8.26. The van der Waals surface area contributed by atoms with Gasteiger partial charge in [0.05, 0.1) is 17.9 Å². The molecule has 6 nitrogen and oxygen atoms in total. The van der Waals surface area contributed by atoms with Crippen LogP contribution >= 0.6 is 0 Å². The third-order valence-electron chi connectivity index (χ3n) is 6.04. The zero-order valence-corrected chi connectivity index (χ0v) is 16.3. The van der Waals surface area contributed by atoms with Crippen molar-refractivity contribution in [2.24, 2.45) is 0 Å². The van der Waals surface area contributed by atoms with Crippen LogP contribution < -0.4 is 4.90 Å². The zero-order valence-electron chi connectivity index (χ0n) is 16.3. The predicted molar refractivity (Wildman–Crippen MR) is 103 cm³/mol. The first-order valence-electron chi connectivity index (χ1n) is 10.4. The molecule has 3 fully saturated rings. The molecule has 2 atom stereocenters. The van der Waals surface area contributed by atoms with Gasteiger partial charge in [0.2, 0.25) is 5.95 Å². The first-order chi connectivity index (χ1) is 12.7. The zero-order chi connectivity index (χ0) is 17.9. The Morgan fingerprint density at radius 1 is 1.04 bits per heavy atom. The minimum atomic E-state index is 0.231. The second kappa shape index (κ2) is 8.19. The fraction of sp³-hybridized carbons (Fsp3) is 0.800. The Labute approximate surface area is 157 Å². The normalized spacial score (nSPS) is 29.4. The van der Waals surface area contributed by atoms with Crippen molar-refractivity contribution in [2.75, 3.05) is 44.2 Å². The number of piperazine rings is 1. The van der Waals surface area contributed by atoms with E-state index in [1.54, 1.807) is 0 Å². The van der Waals surface area contributed by atoms with E-state index in [0.717, 1.165) is 50.4 Å². The minimum Gasteiger partial charge on any atom is -0.372 e. The topological polar surface area (TPSA) is 44.7 Å². The Bertz CT molecular complexity index is 573. The molecule has 0 bridgehead atoms. The van der Waals surface area contributed by atoms with Crippen LogP contribution in [0.5, 0.6) is 0 Å². The highest BCUT2D eigenvalue weighted by Crippen LogP contribution is 2.24. The lowest BCUT2D eigenvalue weighted by Crippen LogP contribution is -2.49. The summed E-state index contributed by atoms with van der Waals surface area (Å²) in [4.78, 5) is 16.9. The van der Waals surface area contributed by atoms with E-state index in [9.17, 15) is 0 Å². The van der Waals surface area contributed by atoms with Gasteiger partial charge in [0.25, 0.3) is 0 Å². The van der Waals surface area contributed by atoms with Crippen LogP contribution in [0.1, 0.15) is 45.2 Å². The molecular formula is C20H33N5O. The lowest BCUT2D eigenvalue weighted by molar-refractivity contribution is -0.00574. The Kier molecular flexibility index (Phi) is 5.72. The summed E-state index contributed by atoms with van der Waals surface area (Å²) in [5.74, 6) is 0.856. The van der Waals surface area contributed by atoms with Crippen molar-refractivity contribution < 1.29 is 4.74 Å². The first kappa shape index (κ1) is 18.1. The summed E-state index contributed by atoms with van der Waals surface area (Å²) < 4.78 is 5.83.